The molecule has 1 unspecified atom stereocenters. The highest BCUT2D eigenvalue weighted by atomic mass is 35.5. The third kappa shape index (κ3) is 4.84. The molecule has 0 saturated heterocycles. The van der Waals surface area contributed by atoms with E-state index in [0.717, 1.165) is 6.42 Å². The van der Waals surface area contributed by atoms with E-state index in [1.165, 1.54) is 12.1 Å². The fraction of sp³-hybridized carbons (Fsp3) is 0.455. The van der Waals surface area contributed by atoms with Crippen molar-refractivity contribution in [3.8, 4) is 0 Å². The molecule has 0 aliphatic carbocycles. The fourth-order valence-electron chi connectivity index (χ4n) is 1.25. The molecule has 0 bridgehead atoms. The maximum Gasteiger partial charge on any atom is 0.240 e. The minimum Gasteiger partial charge on any atom is -0.211 e. The van der Waals surface area contributed by atoms with Gasteiger partial charge in [0.15, 0.2) is 0 Å². The van der Waals surface area contributed by atoms with E-state index in [1.54, 1.807) is 12.1 Å². The van der Waals surface area contributed by atoms with Crippen molar-refractivity contribution in [2.24, 2.45) is 0 Å². The van der Waals surface area contributed by atoms with Gasteiger partial charge in [-0.15, -0.1) is 11.6 Å². The summed E-state index contributed by atoms with van der Waals surface area (Å²) in [6.07, 6.45) is 1.44. The topological polar surface area (TPSA) is 46.2 Å². The second kappa shape index (κ2) is 6.59. The van der Waals surface area contributed by atoms with Gasteiger partial charge in [0.05, 0.1) is 4.90 Å². The van der Waals surface area contributed by atoms with E-state index >= 15 is 0 Å². The van der Waals surface area contributed by atoms with E-state index < -0.39 is 10.0 Å². The predicted octanol–water partition coefficient (Wildman–Crippen LogP) is 3.03. The average Bonchev–Trinajstić information content (AvgIpc) is 2.29. The first-order valence-corrected chi connectivity index (χ1v) is 7.64. The molecule has 1 aromatic rings. The monoisotopic (exact) mass is 295 g/mol. The van der Waals surface area contributed by atoms with Gasteiger partial charge in [-0.05, 0) is 37.1 Å². The molecule has 1 N–H and O–H groups in total. The summed E-state index contributed by atoms with van der Waals surface area (Å²) in [7, 11) is -3.45. The highest BCUT2D eigenvalue weighted by Crippen LogP contribution is 2.14. The summed E-state index contributed by atoms with van der Waals surface area (Å²) in [4.78, 5) is 0.213. The van der Waals surface area contributed by atoms with Crippen LogP contribution in [0.25, 0.3) is 0 Å². The van der Waals surface area contributed by atoms with Gasteiger partial charge in [-0.25, -0.2) is 13.1 Å². The van der Waals surface area contributed by atoms with Gasteiger partial charge in [0, 0.05) is 16.9 Å². The van der Waals surface area contributed by atoms with Crippen molar-refractivity contribution in [1.29, 1.82) is 0 Å². The van der Waals surface area contributed by atoms with E-state index in [0.29, 0.717) is 18.0 Å². The lowest BCUT2D eigenvalue weighted by Crippen LogP contribution is -2.26. The Bertz CT molecular complexity index is 445. The Morgan fingerprint density at radius 1 is 1.29 bits per heavy atom. The molecule has 0 spiro atoms. The van der Waals surface area contributed by atoms with Gasteiger partial charge in [-0.3, -0.25) is 0 Å². The Kier molecular flexibility index (Phi) is 5.73. The number of nitrogens with one attached hydrogen (secondary N) is 1. The molecule has 6 heteroatoms. The van der Waals surface area contributed by atoms with Crippen LogP contribution in [0.5, 0.6) is 0 Å². The Morgan fingerprint density at radius 2 is 1.88 bits per heavy atom. The SMILES string of the molecule is CCC(Cl)CCNS(=O)(=O)c1ccc(Cl)cc1. The number of rotatable bonds is 6. The molecule has 96 valence electrons. The number of hydrogen-bond donors (Lipinski definition) is 1. The minimum atomic E-state index is -3.45. The molecule has 0 aliphatic rings. The maximum absolute atomic E-state index is 11.8. The van der Waals surface area contributed by atoms with Crippen molar-refractivity contribution in [3.05, 3.63) is 29.3 Å². The summed E-state index contributed by atoms with van der Waals surface area (Å²) in [5.41, 5.74) is 0. The maximum atomic E-state index is 11.8. The largest absolute Gasteiger partial charge is 0.240 e. The van der Waals surface area contributed by atoms with Crippen LogP contribution in [0.1, 0.15) is 19.8 Å². The van der Waals surface area contributed by atoms with Crippen molar-refractivity contribution < 1.29 is 8.42 Å². The van der Waals surface area contributed by atoms with Crippen LogP contribution >= 0.6 is 23.2 Å². The van der Waals surface area contributed by atoms with Crippen molar-refractivity contribution >= 4 is 33.2 Å². The molecule has 0 radical (unpaired) electrons. The molecule has 0 heterocycles. The summed E-state index contributed by atoms with van der Waals surface area (Å²) in [5, 5.41) is 0.513. The zero-order valence-corrected chi connectivity index (χ0v) is 11.8. The smallest absolute Gasteiger partial charge is 0.211 e. The molecule has 0 saturated carbocycles. The first-order chi connectivity index (χ1) is 7.95. The lowest BCUT2D eigenvalue weighted by molar-refractivity contribution is 0.576. The molecule has 0 amide bonds. The number of sulfonamides is 1. The van der Waals surface area contributed by atoms with E-state index in [1.807, 2.05) is 6.92 Å². The Hall–Kier alpha value is -0.290. The zero-order valence-electron chi connectivity index (χ0n) is 9.49. The summed E-state index contributed by atoms with van der Waals surface area (Å²) in [6, 6.07) is 6.05. The second-order valence-corrected chi connectivity index (χ2v) is 6.47. The van der Waals surface area contributed by atoms with Gasteiger partial charge in [-0.2, -0.15) is 0 Å². The Balaban J connectivity index is 2.60. The van der Waals surface area contributed by atoms with Crippen LogP contribution in [-0.4, -0.2) is 20.3 Å². The minimum absolute atomic E-state index is 0.00270. The second-order valence-electron chi connectivity index (χ2n) is 3.65. The molecular formula is C11H15Cl2NO2S. The van der Waals surface area contributed by atoms with Crippen molar-refractivity contribution in [2.45, 2.75) is 30.0 Å². The highest BCUT2D eigenvalue weighted by Gasteiger charge is 2.13. The summed E-state index contributed by atoms with van der Waals surface area (Å²) in [6.45, 7) is 2.30. The molecule has 1 atom stereocenters. The van der Waals surface area contributed by atoms with Gasteiger partial charge in [0.25, 0.3) is 0 Å². The lowest BCUT2D eigenvalue weighted by atomic mass is 10.2. The number of alkyl halides is 1. The molecule has 0 fully saturated rings. The van der Waals surface area contributed by atoms with Crippen molar-refractivity contribution in [2.75, 3.05) is 6.54 Å². The Labute approximate surface area is 112 Å². The van der Waals surface area contributed by atoms with Crippen LogP contribution < -0.4 is 4.72 Å². The van der Waals surface area contributed by atoms with Crippen LogP contribution in [0.15, 0.2) is 29.2 Å². The van der Waals surface area contributed by atoms with Gasteiger partial charge in [0.1, 0.15) is 0 Å². The summed E-state index contributed by atoms with van der Waals surface area (Å²) < 4.78 is 26.1. The van der Waals surface area contributed by atoms with Gasteiger partial charge < -0.3 is 0 Å². The third-order valence-electron chi connectivity index (χ3n) is 2.32. The van der Waals surface area contributed by atoms with E-state index in [4.69, 9.17) is 23.2 Å². The van der Waals surface area contributed by atoms with E-state index in [2.05, 4.69) is 4.72 Å². The van der Waals surface area contributed by atoms with Gasteiger partial charge in [-0.1, -0.05) is 18.5 Å². The fourth-order valence-corrected chi connectivity index (χ4v) is 2.53. The quantitative estimate of drug-likeness (QED) is 0.820. The lowest BCUT2D eigenvalue weighted by Gasteiger charge is -2.08. The molecule has 3 nitrogen and oxygen atoms in total. The highest BCUT2D eigenvalue weighted by molar-refractivity contribution is 7.89. The van der Waals surface area contributed by atoms with E-state index in [-0.39, 0.29) is 10.3 Å². The van der Waals surface area contributed by atoms with Crippen LogP contribution in [0.4, 0.5) is 0 Å². The zero-order chi connectivity index (χ0) is 12.9. The summed E-state index contributed by atoms with van der Waals surface area (Å²) in [5.74, 6) is 0. The van der Waals surface area contributed by atoms with Crippen molar-refractivity contribution in [3.63, 3.8) is 0 Å². The van der Waals surface area contributed by atoms with Gasteiger partial charge in [0.2, 0.25) is 10.0 Å². The standard InChI is InChI=1S/C11H15Cl2NO2S/c1-2-9(12)7-8-14-17(15,16)11-5-3-10(13)4-6-11/h3-6,9,14H,2,7-8H2,1H3. The molecule has 0 aliphatic heterocycles. The number of benzene rings is 1. The van der Waals surface area contributed by atoms with Crippen LogP contribution in [0.2, 0.25) is 5.02 Å². The third-order valence-corrected chi connectivity index (χ3v) is 4.57. The molecule has 1 aromatic carbocycles. The predicted molar refractivity (Wildman–Crippen MR) is 71.2 cm³/mol. The summed E-state index contributed by atoms with van der Waals surface area (Å²) >= 11 is 11.6. The van der Waals surface area contributed by atoms with Crippen LogP contribution in [0.3, 0.4) is 0 Å². The van der Waals surface area contributed by atoms with Crippen LogP contribution in [0, 0.1) is 0 Å². The molecule has 1 rings (SSSR count). The Morgan fingerprint density at radius 3 is 2.41 bits per heavy atom. The van der Waals surface area contributed by atoms with E-state index in [9.17, 15) is 8.42 Å². The van der Waals surface area contributed by atoms with Crippen LogP contribution in [-0.2, 0) is 10.0 Å². The molecular weight excluding hydrogens is 281 g/mol. The first kappa shape index (κ1) is 14.8. The molecule has 0 aromatic heterocycles. The van der Waals surface area contributed by atoms with Crippen molar-refractivity contribution in [1.82, 2.24) is 4.72 Å². The van der Waals surface area contributed by atoms with Gasteiger partial charge >= 0.3 is 0 Å². The first-order valence-electron chi connectivity index (χ1n) is 5.35. The normalized spacial score (nSPS) is 13.6. The number of hydrogen-bond acceptors (Lipinski definition) is 2. The molecule has 17 heavy (non-hydrogen) atoms. The number of halogens is 2. The average molecular weight is 296 g/mol.